The summed E-state index contributed by atoms with van der Waals surface area (Å²) in [6, 6.07) is 9.22. The molecule has 1 saturated heterocycles. The number of hydrogen-bond donors (Lipinski definition) is 1. The lowest BCUT2D eigenvalue weighted by molar-refractivity contribution is -0.149. The van der Waals surface area contributed by atoms with Crippen molar-refractivity contribution in [1.82, 2.24) is 15.2 Å². The maximum Gasteiger partial charge on any atom is 0.326 e. The first kappa shape index (κ1) is 21.5. The van der Waals surface area contributed by atoms with Crippen LogP contribution in [-0.2, 0) is 20.9 Å². The minimum atomic E-state index is -0.918. The van der Waals surface area contributed by atoms with Crippen LogP contribution in [0.2, 0.25) is 0 Å². The lowest BCUT2D eigenvalue weighted by Crippen LogP contribution is -2.54. The molecule has 8 heteroatoms. The standard InChI is InChI=1S/C23H27N3O4S/c1-15-9-22(2,3)14-23(10-15)20(28)26(21(29)25-23)11-19(27)30-12-18-24-17(13-31-18)16-7-5-4-6-8-16/h4-8,13,15H,9-12,14H2,1-3H3,(H,25,29). The Kier molecular flexibility index (Phi) is 5.60. The van der Waals surface area contributed by atoms with Gasteiger partial charge in [-0.05, 0) is 30.6 Å². The second-order valence-corrected chi connectivity index (χ2v) is 10.4. The van der Waals surface area contributed by atoms with E-state index in [9.17, 15) is 14.4 Å². The number of esters is 1. The number of aromatic nitrogens is 1. The molecule has 31 heavy (non-hydrogen) atoms. The number of rotatable bonds is 5. The van der Waals surface area contributed by atoms with E-state index in [1.807, 2.05) is 35.7 Å². The second-order valence-electron chi connectivity index (χ2n) is 9.41. The number of amides is 3. The molecule has 2 aromatic rings. The minimum absolute atomic E-state index is 0.00912. The van der Waals surface area contributed by atoms with Crippen molar-refractivity contribution in [2.75, 3.05) is 6.54 Å². The van der Waals surface area contributed by atoms with Crippen molar-refractivity contribution in [3.63, 3.8) is 0 Å². The zero-order chi connectivity index (χ0) is 22.2. The van der Waals surface area contributed by atoms with E-state index in [1.165, 1.54) is 11.3 Å². The van der Waals surface area contributed by atoms with Crippen molar-refractivity contribution < 1.29 is 19.1 Å². The Morgan fingerprint density at radius 3 is 2.71 bits per heavy atom. The number of imide groups is 1. The van der Waals surface area contributed by atoms with E-state index >= 15 is 0 Å². The monoisotopic (exact) mass is 441 g/mol. The summed E-state index contributed by atoms with van der Waals surface area (Å²) in [6.45, 7) is 5.93. The van der Waals surface area contributed by atoms with Gasteiger partial charge < -0.3 is 10.1 Å². The summed E-state index contributed by atoms with van der Waals surface area (Å²) < 4.78 is 5.31. The van der Waals surface area contributed by atoms with Crippen molar-refractivity contribution in [2.24, 2.45) is 11.3 Å². The van der Waals surface area contributed by atoms with E-state index in [4.69, 9.17) is 4.74 Å². The van der Waals surface area contributed by atoms with Crippen LogP contribution in [0.1, 0.15) is 45.0 Å². The molecule has 4 rings (SSSR count). The van der Waals surface area contributed by atoms with Crippen LogP contribution in [-0.4, -0.2) is 39.9 Å². The summed E-state index contributed by atoms with van der Waals surface area (Å²) in [7, 11) is 0. The number of ether oxygens (including phenoxy) is 1. The van der Waals surface area contributed by atoms with E-state index < -0.39 is 24.1 Å². The molecule has 2 heterocycles. The van der Waals surface area contributed by atoms with Gasteiger partial charge in [-0.2, -0.15) is 0 Å². The molecule has 2 atom stereocenters. The SMILES string of the molecule is CC1CC(C)(C)CC2(C1)NC(=O)N(CC(=O)OCc1nc(-c3ccccc3)cs1)C2=O. The highest BCUT2D eigenvalue weighted by Crippen LogP contribution is 2.46. The second kappa shape index (κ2) is 8.07. The molecule has 7 nitrogen and oxygen atoms in total. The molecular formula is C23H27N3O4S. The number of carbonyl (C=O) groups is 3. The quantitative estimate of drug-likeness (QED) is 0.560. The zero-order valence-electron chi connectivity index (χ0n) is 18.0. The molecule has 3 amide bonds. The molecule has 0 bridgehead atoms. The molecule has 1 aromatic carbocycles. The lowest BCUT2D eigenvalue weighted by atomic mass is 9.64. The van der Waals surface area contributed by atoms with E-state index in [0.29, 0.717) is 23.8 Å². The van der Waals surface area contributed by atoms with Gasteiger partial charge in [0.25, 0.3) is 5.91 Å². The van der Waals surface area contributed by atoms with Crippen LogP contribution < -0.4 is 5.32 Å². The number of urea groups is 1. The molecule has 2 fully saturated rings. The van der Waals surface area contributed by atoms with Gasteiger partial charge in [-0.25, -0.2) is 9.78 Å². The average molecular weight is 442 g/mol. The van der Waals surface area contributed by atoms with Gasteiger partial charge >= 0.3 is 12.0 Å². The van der Waals surface area contributed by atoms with Crippen molar-refractivity contribution in [3.8, 4) is 11.3 Å². The molecule has 1 aliphatic carbocycles. The molecule has 1 aromatic heterocycles. The number of benzene rings is 1. The molecule has 164 valence electrons. The molecular weight excluding hydrogens is 414 g/mol. The van der Waals surface area contributed by atoms with Gasteiger partial charge in [0.1, 0.15) is 23.7 Å². The molecule has 1 saturated carbocycles. The first-order valence-electron chi connectivity index (χ1n) is 10.5. The molecule has 1 aliphatic heterocycles. The Morgan fingerprint density at radius 2 is 2.00 bits per heavy atom. The Bertz CT molecular complexity index is 1000. The van der Waals surface area contributed by atoms with Crippen LogP contribution in [0.3, 0.4) is 0 Å². The molecule has 1 spiro atoms. The van der Waals surface area contributed by atoms with Crippen LogP contribution in [0.25, 0.3) is 11.3 Å². The summed E-state index contributed by atoms with van der Waals surface area (Å²) >= 11 is 1.40. The maximum absolute atomic E-state index is 13.1. The van der Waals surface area contributed by atoms with Gasteiger partial charge in [-0.15, -0.1) is 11.3 Å². The van der Waals surface area contributed by atoms with E-state index in [2.05, 4.69) is 31.1 Å². The minimum Gasteiger partial charge on any atom is -0.457 e. The predicted octanol–water partition coefficient (Wildman–Crippen LogP) is 3.99. The Labute approximate surface area is 185 Å². The first-order chi connectivity index (χ1) is 14.7. The van der Waals surface area contributed by atoms with Crippen LogP contribution in [0.5, 0.6) is 0 Å². The van der Waals surface area contributed by atoms with Crippen LogP contribution in [0, 0.1) is 11.3 Å². The summed E-state index contributed by atoms with van der Waals surface area (Å²) in [5.41, 5.74) is 0.837. The fraction of sp³-hybridized carbons (Fsp3) is 0.478. The smallest absolute Gasteiger partial charge is 0.326 e. The normalized spacial score (nSPS) is 25.0. The third-order valence-electron chi connectivity index (χ3n) is 5.89. The van der Waals surface area contributed by atoms with E-state index in [1.54, 1.807) is 0 Å². The maximum atomic E-state index is 13.1. The van der Waals surface area contributed by atoms with E-state index in [0.717, 1.165) is 22.6 Å². The lowest BCUT2D eigenvalue weighted by Gasteiger charge is -2.43. The van der Waals surface area contributed by atoms with E-state index in [-0.39, 0.29) is 17.9 Å². The van der Waals surface area contributed by atoms with Crippen molar-refractivity contribution in [2.45, 2.75) is 52.2 Å². The number of nitrogens with zero attached hydrogens (tertiary/aromatic N) is 2. The highest BCUT2D eigenvalue weighted by molar-refractivity contribution is 7.09. The largest absolute Gasteiger partial charge is 0.457 e. The Balaban J connectivity index is 1.36. The van der Waals surface area contributed by atoms with Gasteiger partial charge in [-0.1, -0.05) is 51.1 Å². The third-order valence-corrected chi connectivity index (χ3v) is 6.71. The zero-order valence-corrected chi connectivity index (χ0v) is 18.8. The number of carbonyl (C=O) groups excluding carboxylic acids is 3. The summed E-state index contributed by atoms with van der Waals surface area (Å²) in [4.78, 5) is 43.5. The highest BCUT2D eigenvalue weighted by Gasteiger charge is 2.56. The summed E-state index contributed by atoms with van der Waals surface area (Å²) in [5, 5.41) is 5.44. The number of thiazole rings is 1. The van der Waals surface area contributed by atoms with Crippen LogP contribution in [0.15, 0.2) is 35.7 Å². The third kappa shape index (κ3) is 4.49. The molecule has 0 radical (unpaired) electrons. The van der Waals surface area contributed by atoms with Gasteiger partial charge in [0.2, 0.25) is 0 Å². The molecule has 2 aliphatic rings. The van der Waals surface area contributed by atoms with Crippen LogP contribution in [0.4, 0.5) is 4.79 Å². The van der Waals surface area contributed by atoms with Crippen molar-refractivity contribution in [3.05, 3.63) is 40.7 Å². The molecule has 2 unspecified atom stereocenters. The van der Waals surface area contributed by atoms with Crippen molar-refractivity contribution >= 4 is 29.2 Å². The predicted molar refractivity (Wildman–Crippen MR) is 117 cm³/mol. The van der Waals surface area contributed by atoms with Gasteiger partial charge in [0.05, 0.1) is 5.69 Å². The van der Waals surface area contributed by atoms with Gasteiger partial charge in [0, 0.05) is 10.9 Å². The van der Waals surface area contributed by atoms with Gasteiger partial charge in [0.15, 0.2) is 0 Å². The Morgan fingerprint density at radius 1 is 1.26 bits per heavy atom. The van der Waals surface area contributed by atoms with Gasteiger partial charge in [-0.3, -0.25) is 14.5 Å². The highest BCUT2D eigenvalue weighted by atomic mass is 32.1. The fourth-order valence-corrected chi connectivity index (χ4v) is 5.80. The molecule has 1 N–H and O–H groups in total. The summed E-state index contributed by atoms with van der Waals surface area (Å²) in [5.74, 6) is -0.640. The number of hydrogen-bond acceptors (Lipinski definition) is 6. The first-order valence-corrected chi connectivity index (χ1v) is 11.3. The fourth-order valence-electron chi connectivity index (χ4n) is 5.09. The van der Waals surface area contributed by atoms with Crippen LogP contribution >= 0.6 is 11.3 Å². The number of nitrogens with one attached hydrogen (secondary N) is 1. The van der Waals surface area contributed by atoms with Crippen molar-refractivity contribution in [1.29, 1.82) is 0 Å². The average Bonchev–Trinajstić information content (AvgIpc) is 3.25. The topological polar surface area (TPSA) is 88.6 Å². The Hall–Kier alpha value is -2.74. The summed E-state index contributed by atoms with van der Waals surface area (Å²) in [6.07, 6.45) is 2.16.